The molecule has 12 heteroatoms. The second kappa shape index (κ2) is 15.8. The molecular weight excluding hydrogens is 539 g/mol. The first-order valence-electron chi connectivity index (χ1n) is 9.95. The molecule has 2 atom stereocenters. The predicted molar refractivity (Wildman–Crippen MR) is 153 cm³/mol. The summed E-state index contributed by atoms with van der Waals surface area (Å²) in [6, 6.07) is 6.88. The Hall–Kier alpha value is -2.24. The van der Waals surface area contributed by atoms with Crippen molar-refractivity contribution in [1.29, 1.82) is 10.5 Å². The van der Waals surface area contributed by atoms with Gasteiger partial charge in [0.25, 0.3) is 0 Å². The van der Waals surface area contributed by atoms with Gasteiger partial charge in [0.05, 0.1) is 30.0 Å². The van der Waals surface area contributed by atoms with Crippen LogP contribution in [0.25, 0.3) is 0 Å². The molecule has 2 aromatic rings. The van der Waals surface area contributed by atoms with Gasteiger partial charge in [0.1, 0.15) is 10.3 Å². The molecule has 2 unspecified atom stereocenters. The van der Waals surface area contributed by atoms with Gasteiger partial charge in [-0.25, -0.2) is 18.4 Å². The number of hydrogen-bond donors (Lipinski definition) is 0. The smallest absolute Gasteiger partial charge is 0.214 e. The van der Waals surface area contributed by atoms with Crippen molar-refractivity contribution in [3.05, 3.63) is 58.1 Å². The number of pyridine rings is 2. The molecule has 3 rings (SSSR count). The zero-order valence-electron chi connectivity index (χ0n) is 18.3. The number of hydrogen-bond acceptors (Lipinski definition) is 8. The van der Waals surface area contributed by atoms with Gasteiger partial charge in [0.15, 0.2) is 0 Å². The summed E-state index contributed by atoms with van der Waals surface area (Å²) in [5.41, 5.74) is 1.63. The quantitative estimate of drug-likeness (QED) is 0.273. The third-order valence-electron chi connectivity index (χ3n) is 5.31. The van der Waals surface area contributed by atoms with E-state index >= 15 is 0 Å². The largest absolute Gasteiger partial charge is 0.249 e. The Morgan fingerprint density at radius 1 is 0.917 bits per heavy atom. The minimum atomic E-state index is -2.63. The summed E-state index contributed by atoms with van der Waals surface area (Å²) in [6.07, 6.45) is 14.1. The fourth-order valence-electron chi connectivity index (χ4n) is 3.74. The van der Waals surface area contributed by atoms with Crippen molar-refractivity contribution in [2.24, 2.45) is 8.73 Å². The molecule has 1 saturated carbocycles. The van der Waals surface area contributed by atoms with Crippen molar-refractivity contribution in [3.8, 4) is 12.4 Å². The first kappa shape index (κ1) is 35.9. The average molecular weight is 579 g/mol. The van der Waals surface area contributed by atoms with E-state index in [1.807, 2.05) is 6.07 Å². The summed E-state index contributed by atoms with van der Waals surface area (Å²) < 4.78 is 31.0. The molecule has 2 heterocycles. The van der Waals surface area contributed by atoms with E-state index in [2.05, 4.69) is 18.7 Å². The Balaban J connectivity index is -0.000000585. The van der Waals surface area contributed by atoms with Crippen LogP contribution in [0.4, 0.5) is 0 Å². The maximum Gasteiger partial charge on any atom is 0.214 e. The predicted octanol–water partition coefficient (Wildman–Crippen LogP) is 7.44. The van der Waals surface area contributed by atoms with Crippen LogP contribution >= 0.6 is 23.2 Å². The molecule has 202 valence electrons. The molecule has 0 saturated heterocycles. The van der Waals surface area contributed by atoms with Crippen molar-refractivity contribution in [2.45, 2.75) is 64.9 Å². The molecule has 36 heavy (non-hydrogen) atoms. The van der Waals surface area contributed by atoms with Gasteiger partial charge in [-0.15, -0.1) is 8.73 Å². The van der Waals surface area contributed by atoms with Crippen LogP contribution < -0.4 is 0 Å². The van der Waals surface area contributed by atoms with E-state index in [4.69, 9.17) is 33.7 Å². The number of aromatic nitrogens is 2. The molecule has 0 spiro atoms. The topological polar surface area (TPSA) is 132 Å². The van der Waals surface area contributed by atoms with E-state index in [1.54, 1.807) is 43.0 Å². The maximum absolute atomic E-state index is 12.9. The molecule has 1 aliphatic carbocycles. The van der Waals surface area contributed by atoms with Crippen molar-refractivity contribution in [2.75, 3.05) is 12.5 Å². The van der Waals surface area contributed by atoms with E-state index in [0.717, 1.165) is 43.2 Å². The molecule has 0 N–H and O–H groups in total. The summed E-state index contributed by atoms with van der Waals surface area (Å²) >= 11 is 11.4. The fourth-order valence-corrected chi connectivity index (χ4v) is 6.92. The van der Waals surface area contributed by atoms with E-state index in [9.17, 15) is 8.42 Å². The van der Waals surface area contributed by atoms with E-state index in [0.29, 0.717) is 10.3 Å². The SMILES string of the molecule is C.C.C.CS(=O)(=NC#N)C1(c2ccc(Cl)nc2)CCCCC1.CS(=O)(Cc1ccc(Cl)nc1)=NC#N.[2HH]. The van der Waals surface area contributed by atoms with Crippen LogP contribution in [0.3, 0.4) is 0 Å². The second-order valence-corrected chi connectivity index (χ2v) is 13.4. The zero-order valence-corrected chi connectivity index (χ0v) is 21.4. The molecule has 0 aromatic carbocycles. The van der Waals surface area contributed by atoms with Gasteiger partial charge in [-0.05, 0) is 36.1 Å². The van der Waals surface area contributed by atoms with Crippen molar-refractivity contribution in [3.63, 3.8) is 0 Å². The minimum absolute atomic E-state index is 0. The molecule has 0 aliphatic heterocycles. The highest BCUT2D eigenvalue weighted by molar-refractivity contribution is 7.94. The monoisotopic (exact) mass is 577 g/mol. The highest BCUT2D eigenvalue weighted by atomic mass is 35.5. The van der Waals surface area contributed by atoms with Crippen molar-refractivity contribution < 1.29 is 9.84 Å². The van der Waals surface area contributed by atoms with E-state index in [-0.39, 0.29) is 29.5 Å². The van der Waals surface area contributed by atoms with Gasteiger partial charge in [0.2, 0.25) is 12.4 Å². The summed E-state index contributed by atoms with van der Waals surface area (Å²) in [5, 5.41) is 17.9. The van der Waals surface area contributed by atoms with Crippen LogP contribution in [-0.2, 0) is 30.0 Å². The van der Waals surface area contributed by atoms with Gasteiger partial charge in [-0.3, -0.25) is 0 Å². The molecule has 1 fully saturated rings. The average Bonchev–Trinajstić information content (AvgIpc) is 2.76. The lowest BCUT2D eigenvalue weighted by molar-refractivity contribution is 0.393. The van der Waals surface area contributed by atoms with Crippen LogP contribution in [0.1, 0.15) is 66.9 Å². The first-order valence-corrected chi connectivity index (χ1v) is 14.7. The van der Waals surface area contributed by atoms with E-state index in [1.165, 1.54) is 12.5 Å². The summed E-state index contributed by atoms with van der Waals surface area (Å²) in [7, 11) is -5.10. The third kappa shape index (κ3) is 9.67. The highest BCUT2D eigenvalue weighted by Gasteiger charge is 2.42. The highest BCUT2D eigenvalue weighted by Crippen LogP contribution is 2.44. The fraction of sp³-hybridized carbons (Fsp3) is 0.500. The van der Waals surface area contributed by atoms with Crippen molar-refractivity contribution >= 4 is 42.7 Å². The lowest BCUT2D eigenvalue weighted by Gasteiger charge is -2.37. The van der Waals surface area contributed by atoms with Gasteiger partial charge < -0.3 is 0 Å². The zero-order chi connectivity index (χ0) is 24.5. The number of halogens is 2. The molecule has 0 bridgehead atoms. The van der Waals surface area contributed by atoms with Gasteiger partial charge >= 0.3 is 0 Å². The van der Waals surface area contributed by atoms with Gasteiger partial charge in [-0.1, -0.05) is 76.9 Å². The summed E-state index contributed by atoms with van der Waals surface area (Å²) in [4.78, 5) is 7.93. The summed E-state index contributed by atoms with van der Waals surface area (Å²) in [5.74, 6) is 0.213. The lowest BCUT2D eigenvalue weighted by atomic mass is 9.84. The molecular formula is C24H38Cl2N6O2S2. The Bertz CT molecular complexity index is 1280. The Morgan fingerprint density at radius 2 is 1.44 bits per heavy atom. The molecule has 1 aliphatic rings. The van der Waals surface area contributed by atoms with Crippen LogP contribution in [0.2, 0.25) is 10.3 Å². The van der Waals surface area contributed by atoms with Gasteiger partial charge in [0, 0.05) is 26.3 Å². The molecule has 2 aromatic heterocycles. The number of nitriles is 2. The number of nitrogens with zero attached hydrogens (tertiary/aromatic N) is 6. The summed E-state index contributed by atoms with van der Waals surface area (Å²) in [6.45, 7) is 0. The molecule has 0 amide bonds. The Kier molecular flexibility index (Phi) is 15.7. The third-order valence-corrected chi connectivity index (χ3v) is 9.62. The molecule has 8 nitrogen and oxygen atoms in total. The van der Waals surface area contributed by atoms with Crippen LogP contribution in [0.5, 0.6) is 0 Å². The molecule has 0 radical (unpaired) electrons. The maximum atomic E-state index is 12.9. The van der Waals surface area contributed by atoms with Crippen LogP contribution in [-0.4, -0.2) is 30.9 Å². The van der Waals surface area contributed by atoms with Crippen molar-refractivity contribution in [1.82, 2.24) is 9.97 Å². The van der Waals surface area contributed by atoms with Gasteiger partial charge in [-0.2, -0.15) is 10.5 Å². The standard InChI is InChI=1S/C13H16ClN3OS.C8H8ClN3OS.3CH4.H2/c1-19(18,17-10-15)13(7-3-2-4-8-13)11-5-6-12(14)16-9-11;1-14(13,12-6-10)5-7-2-3-8(9)11-4-7;;;;/h5-6,9H,2-4,7-8H2,1H3;2-4H,5H2,1H3;3*1H4;1H/i;;;;;1+1. The van der Waals surface area contributed by atoms with E-state index < -0.39 is 24.2 Å². The Morgan fingerprint density at radius 3 is 1.89 bits per heavy atom. The Labute approximate surface area is 228 Å². The lowest BCUT2D eigenvalue weighted by Crippen LogP contribution is -2.37. The normalized spacial score (nSPS) is 16.6. The van der Waals surface area contributed by atoms with Crippen LogP contribution in [0.15, 0.2) is 45.4 Å². The first-order chi connectivity index (χ1) is 15.5. The second-order valence-electron chi connectivity index (χ2n) is 7.70. The minimum Gasteiger partial charge on any atom is -0.249 e. The number of rotatable bonds is 4. The van der Waals surface area contributed by atoms with Crippen LogP contribution in [0, 0.1) is 22.9 Å².